The van der Waals surface area contributed by atoms with Gasteiger partial charge in [-0.3, -0.25) is 19.2 Å². The average Bonchev–Trinajstić information content (AvgIpc) is 2.61. The second kappa shape index (κ2) is 13.4. The Labute approximate surface area is 154 Å². The highest BCUT2D eigenvalue weighted by atomic mass is 16.2. The van der Waals surface area contributed by atoms with E-state index >= 15 is 0 Å². The highest BCUT2D eigenvalue weighted by Crippen LogP contribution is 1.96. The molecule has 0 radical (unpaired) electrons. The molecule has 0 aromatic carbocycles. The summed E-state index contributed by atoms with van der Waals surface area (Å²) in [6.07, 6.45) is 4.07. The van der Waals surface area contributed by atoms with Gasteiger partial charge in [0.1, 0.15) is 0 Å². The van der Waals surface area contributed by atoms with Crippen molar-refractivity contribution in [1.29, 1.82) is 0 Å². The molecule has 0 aliphatic carbocycles. The van der Waals surface area contributed by atoms with Crippen LogP contribution in [0.25, 0.3) is 0 Å². The molecule has 8 heteroatoms. The lowest BCUT2D eigenvalue weighted by Gasteiger charge is -2.27. The molecule has 0 heterocycles. The fourth-order valence-corrected chi connectivity index (χ4v) is 2.06. The topological polar surface area (TPSA) is 98.8 Å². The van der Waals surface area contributed by atoms with E-state index in [1.54, 1.807) is 0 Å². The van der Waals surface area contributed by atoms with Gasteiger partial charge in [-0.05, 0) is 12.2 Å². The van der Waals surface area contributed by atoms with E-state index in [0.29, 0.717) is 13.1 Å². The third kappa shape index (κ3) is 10.1. The second-order valence-electron chi connectivity index (χ2n) is 5.38. The number of carbonyl (C=O) groups is 4. The summed E-state index contributed by atoms with van der Waals surface area (Å²) >= 11 is 0. The van der Waals surface area contributed by atoms with Crippen molar-refractivity contribution in [2.24, 2.45) is 0 Å². The molecule has 0 rings (SSSR count). The molecule has 0 saturated carbocycles. The minimum atomic E-state index is -0.296. The number of amides is 4. The van der Waals surface area contributed by atoms with Gasteiger partial charge in [0.2, 0.25) is 23.6 Å². The first-order valence-corrected chi connectivity index (χ1v) is 8.30. The highest BCUT2D eigenvalue weighted by molar-refractivity contribution is 5.88. The molecule has 0 fully saturated rings. The standard InChI is InChI=1S/C18H28N4O4/c1-5-8-16(24)20-10-12-22(18(26)7-3)14-13-21(17(25)6-2)11-9-19-15(4)23/h5-7H,1-3,8-14H2,4H3,(H,19,23)(H,20,24). The van der Waals surface area contributed by atoms with Gasteiger partial charge in [-0.25, -0.2) is 0 Å². The fourth-order valence-electron chi connectivity index (χ4n) is 2.06. The van der Waals surface area contributed by atoms with Crippen LogP contribution in [0.3, 0.4) is 0 Å². The summed E-state index contributed by atoms with van der Waals surface area (Å²) in [5.41, 5.74) is 0. The Hall–Kier alpha value is -2.90. The SMILES string of the molecule is C=CCC(=O)NCCN(CCN(CCNC(C)=O)C(=O)C=C)C(=O)C=C. The Balaban J connectivity index is 4.66. The van der Waals surface area contributed by atoms with Gasteiger partial charge in [-0.15, -0.1) is 6.58 Å². The van der Waals surface area contributed by atoms with E-state index in [4.69, 9.17) is 0 Å². The molecule has 0 bridgehead atoms. The summed E-state index contributed by atoms with van der Waals surface area (Å²) < 4.78 is 0. The van der Waals surface area contributed by atoms with Gasteiger partial charge in [0, 0.05) is 52.6 Å². The molecular weight excluding hydrogens is 336 g/mol. The van der Waals surface area contributed by atoms with Crippen molar-refractivity contribution in [3.63, 3.8) is 0 Å². The molecule has 0 aromatic heterocycles. The predicted molar refractivity (Wildman–Crippen MR) is 100 cm³/mol. The Morgan fingerprint density at radius 1 is 0.808 bits per heavy atom. The first-order valence-electron chi connectivity index (χ1n) is 8.30. The highest BCUT2D eigenvalue weighted by Gasteiger charge is 2.15. The Morgan fingerprint density at radius 3 is 1.65 bits per heavy atom. The molecule has 0 saturated heterocycles. The maximum Gasteiger partial charge on any atom is 0.246 e. The van der Waals surface area contributed by atoms with E-state index < -0.39 is 0 Å². The summed E-state index contributed by atoms with van der Waals surface area (Å²) in [4.78, 5) is 49.2. The van der Waals surface area contributed by atoms with Crippen LogP contribution in [-0.2, 0) is 19.2 Å². The van der Waals surface area contributed by atoms with E-state index in [2.05, 4.69) is 30.4 Å². The van der Waals surface area contributed by atoms with Crippen LogP contribution >= 0.6 is 0 Å². The van der Waals surface area contributed by atoms with Crippen molar-refractivity contribution in [2.45, 2.75) is 13.3 Å². The molecule has 4 amide bonds. The van der Waals surface area contributed by atoms with Crippen LogP contribution in [0.15, 0.2) is 38.0 Å². The third-order valence-corrected chi connectivity index (χ3v) is 3.40. The van der Waals surface area contributed by atoms with Gasteiger partial charge in [0.05, 0.1) is 0 Å². The molecule has 0 unspecified atom stereocenters. The Morgan fingerprint density at radius 2 is 1.27 bits per heavy atom. The first kappa shape index (κ1) is 23.1. The van der Waals surface area contributed by atoms with E-state index in [9.17, 15) is 19.2 Å². The normalized spacial score (nSPS) is 9.58. The van der Waals surface area contributed by atoms with E-state index in [-0.39, 0.29) is 56.2 Å². The van der Waals surface area contributed by atoms with Crippen LogP contribution in [0, 0.1) is 0 Å². The van der Waals surface area contributed by atoms with Gasteiger partial charge in [-0.2, -0.15) is 0 Å². The molecule has 8 nitrogen and oxygen atoms in total. The molecule has 0 spiro atoms. The van der Waals surface area contributed by atoms with Gasteiger partial charge in [0.15, 0.2) is 0 Å². The first-order chi connectivity index (χ1) is 12.3. The minimum Gasteiger partial charge on any atom is -0.355 e. The van der Waals surface area contributed by atoms with Crippen LogP contribution in [0.2, 0.25) is 0 Å². The number of carbonyl (C=O) groups excluding carboxylic acids is 4. The quantitative estimate of drug-likeness (QED) is 0.351. The second-order valence-corrected chi connectivity index (χ2v) is 5.38. The maximum absolute atomic E-state index is 12.0. The molecular formula is C18H28N4O4. The van der Waals surface area contributed by atoms with Gasteiger partial charge >= 0.3 is 0 Å². The van der Waals surface area contributed by atoms with Crippen LogP contribution < -0.4 is 10.6 Å². The lowest BCUT2D eigenvalue weighted by molar-refractivity contribution is -0.130. The van der Waals surface area contributed by atoms with E-state index in [1.165, 1.54) is 35.0 Å². The van der Waals surface area contributed by atoms with Gasteiger partial charge in [-0.1, -0.05) is 19.2 Å². The molecule has 26 heavy (non-hydrogen) atoms. The lowest BCUT2D eigenvalue weighted by atomic mass is 10.3. The molecule has 0 aliphatic rings. The number of nitrogens with one attached hydrogen (secondary N) is 2. The van der Waals surface area contributed by atoms with Crippen molar-refractivity contribution in [3.05, 3.63) is 38.0 Å². The number of rotatable bonds is 13. The summed E-state index contributed by atoms with van der Waals surface area (Å²) in [7, 11) is 0. The van der Waals surface area contributed by atoms with Crippen molar-refractivity contribution < 1.29 is 19.2 Å². The van der Waals surface area contributed by atoms with Crippen LogP contribution in [0.4, 0.5) is 0 Å². The molecule has 2 N–H and O–H groups in total. The predicted octanol–water partition coefficient (Wildman–Crippen LogP) is -0.156. The van der Waals surface area contributed by atoms with Crippen molar-refractivity contribution in [1.82, 2.24) is 20.4 Å². The average molecular weight is 364 g/mol. The molecule has 144 valence electrons. The van der Waals surface area contributed by atoms with Crippen molar-refractivity contribution in [3.8, 4) is 0 Å². The monoisotopic (exact) mass is 364 g/mol. The third-order valence-electron chi connectivity index (χ3n) is 3.40. The van der Waals surface area contributed by atoms with Crippen molar-refractivity contribution in [2.75, 3.05) is 39.3 Å². The largest absolute Gasteiger partial charge is 0.355 e. The van der Waals surface area contributed by atoms with Crippen LogP contribution in [0.1, 0.15) is 13.3 Å². The zero-order chi connectivity index (χ0) is 19.9. The summed E-state index contributed by atoms with van der Waals surface area (Å²) in [6, 6.07) is 0. The Bertz CT molecular complexity index is 545. The zero-order valence-electron chi connectivity index (χ0n) is 15.3. The van der Waals surface area contributed by atoms with Crippen LogP contribution in [-0.4, -0.2) is 72.7 Å². The smallest absolute Gasteiger partial charge is 0.246 e. The number of nitrogens with zero attached hydrogens (tertiary/aromatic N) is 2. The molecule has 0 aliphatic heterocycles. The minimum absolute atomic E-state index is 0.176. The van der Waals surface area contributed by atoms with E-state index in [0.717, 1.165) is 0 Å². The zero-order valence-corrected chi connectivity index (χ0v) is 15.3. The Kier molecular flexibility index (Phi) is 11.9. The molecule has 0 atom stereocenters. The summed E-state index contributed by atoms with van der Waals surface area (Å²) in [6.45, 7) is 13.5. The molecule has 0 aromatic rings. The van der Waals surface area contributed by atoms with Gasteiger partial charge in [0.25, 0.3) is 0 Å². The number of hydrogen-bond donors (Lipinski definition) is 2. The van der Waals surface area contributed by atoms with Crippen molar-refractivity contribution >= 4 is 23.6 Å². The fraction of sp³-hybridized carbons (Fsp3) is 0.444. The lowest BCUT2D eigenvalue weighted by Crippen LogP contribution is -2.45. The maximum atomic E-state index is 12.0. The number of hydrogen-bond acceptors (Lipinski definition) is 4. The summed E-state index contributed by atoms with van der Waals surface area (Å²) in [5.74, 6) is -0.948. The van der Waals surface area contributed by atoms with E-state index in [1.807, 2.05) is 0 Å². The van der Waals surface area contributed by atoms with Crippen LogP contribution in [0.5, 0.6) is 0 Å². The van der Waals surface area contributed by atoms with Gasteiger partial charge < -0.3 is 20.4 Å². The summed E-state index contributed by atoms with van der Waals surface area (Å²) in [5, 5.41) is 5.29.